The van der Waals surface area contributed by atoms with Crippen molar-refractivity contribution >= 4 is 23.5 Å². The Morgan fingerprint density at radius 3 is 2.81 bits per heavy atom. The molecule has 0 fully saturated rings. The quantitative estimate of drug-likeness (QED) is 0.861. The van der Waals surface area contributed by atoms with E-state index < -0.39 is 0 Å². The molecule has 0 bridgehead atoms. The second kappa shape index (κ2) is 7.41. The van der Waals surface area contributed by atoms with Crippen molar-refractivity contribution in [2.75, 3.05) is 11.1 Å². The molecule has 0 saturated heterocycles. The summed E-state index contributed by atoms with van der Waals surface area (Å²) in [7, 11) is 0. The van der Waals surface area contributed by atoms with Crippen molar-refractivity contribution in [3.8, 4) is 6.07 Å². The molecule has 0 aliphatic heterocycles. The number of nitrogens with one attached hydrogen (secondary N) is 1. The fourth-order valence-electron chi connectivity index (χ4n) is 1.55. The Morgan fingerprint density at radius 1 is 1.33 bits per heavy atom. The minimum absolute atomic E-state index is 0.198. The first kappa shape index (κ1) is 15.0. The Kier molecular flexibility index (Phi) is 5.29. The van der Waals surface area contributed by atoms with Crippen LogP contribution in [0.5, 0.6) is 0 Å². The summed E-state index contributed by atoms with van der Waals surface area (Å²) in [5.74, 6) is 0.394. The predicted molar refractivity (Wildman–Crippen MR) is 79.3 cm³/mol. The molecule has 0 radical (unpaired) electrons. The topological polar surface area (TPSA) is 65.8 Å². The summed E-state index contributed by atoms with van der Waals surface area (Å²) in [6, 6.07) is 11.6. The molecule has 0 saturated carbocycles. The zero-order valence-corrected chi connectivity index (χ0v) is 11.9. The maximum atomic E-state index is 13.4. The van der Waals surface area contributed by atoms with E-state index >= 15 is 0 Å². The van der Waals surface area contributed by atoms with Crippen LogP contribution in [-0.2, 0) is 4.79 Å². The van der Waals surface area contributed by atoms with E-state index in [1.807, 2.05) is 6.07 Å². The third kappa shape index (κ3) is 4.58. The van der Waals surface area contributed by atoms with Crippen LogP contribution in [0, 0.1) is 17.1 Å². The highest BCUT2D eigenvalue weighted by molar-refractivity contribution is 7.99. The molecule has 0 spiro atoms. The van der Waals surface area contributed by atoms with Gasteiger partial charge >= 0.3 is 0 Å². The van der Waals surface area contributed by atoms with Gasteiger partial charge in [-0.2, -0.15) is 5.26 Å². The Bertz CT molecular complexity index is 667. The molecule has 21 heavy (non-hydrogen) atoms. The van der Waals surface area contributed by atoms with Crippen LogP contribution in [0.25, 0.3) is 0 Å². The Balaban J connectivity index is 1.80. The number of nitrogens with zero attached hydrogens (tertiary/aromatic N) is 2. The van der Waals surface area contributed by atoms with Crippen LogP contribution < -0.4 is 5.32 Å². The standard InChI is InChI=1S/C15H12FN3OS/c16-12-3-1-2-4-13(12)21-8-7-15(20)19-14-6-5-11(9-17)10-18-14/h1-6,10H,7-8H2,(H,18,19,20). The summed E-state index contributed by atoms with van der Waals surface area (Å²) in [5.41, 5.74) is 0.433. The molecule has 2 rings (SSSR count). The number of pyridine rings is 1. The number of carbonyl (C=O) groups is 1. The second-order valence-electron chi connectivity index (χ2n) is 4.12. The number of carbonyl (C=O) groups excluding carboxylic acids is 1. The van der Waals surface area contributed by atoms with E-state index in [9.17, 15) is 9.18 Å². The summed E-state index contributed by atoms with van der Waals surface area (Å²) >= 11 is 1.29. The summed E-state index contributed by atoms with van der Waals surface area (Å²) in [6.45, 7) is 0. The maximum absolute atomic E-state index is 13.4. The normalized spacial score (nSPS) is 9.90. The molecule has 1 amide bonds. The van der Waals surface area contributed by atoms with Gasteiger partial charge in [0.25, 0.3) is 0 Å². The van der Waals surface area contributed by atoms with Gasteiger partial charge in [0.05, 0.1) is 5.56 Å². The van der Waals surface area contributed by atoms with E-state index in [4.69, 9.17) is 5.26 Å². The molecule has 0 aliphatic carbocycles. The zero-order chi connectivity index (χ0) is 15.1. The van der Waals surface area contributed by atoms with E-state index in [1.165, 1.54) is 24.0 Å². The van der Waals surface area contributed by atoms with Gasteiger partial charge < -0.3 is 5.32 Å². The minimum atomic E-state index is -0.281. The molecule has 106 valence electrons. The average Bonchev–Trinajstić information content (AvgIpc) is 2.50. The molecular formula is C15H12FN3OS. The van der Waals surface area contributed by atoms with Crippen molar-refractivity contribution in [3.63, 3.8) is 0 Å². The molecule has 1 aromatic carbocycles. The van der Waals surface area contributed by atoms with Crippen molar-refractivity contribution in [2.45, 2.75) is 11.3 Å². The van der Waals surface area contributed by atoms with Gasteiger partial charge in [-0.1, -0.05) is 12.1 Å². The number of aromatic nitrogens is 1. The summed E-state index contributed by atoms with van der Waals surface area (Å²) in [6.07, 6.45) is 1.64. The molecule has 1 heterocycles. The molecule has 6 heteroatoms. The van der Waals surface area contributed by atoms with Gasteiger partial charge in [0, 0.05) is 23.3 Å². The van der Waals surface area contributed by atoms with Crippen molar-refractivity contribution in [1.82, 2.24) is 4.98 Å². The minimum Gasteiger partial charge on any atom is -0.311 e. The third-order valence-corrected chi connectivity index (χ3v) is 3.63. The highest BCUT2D eigenvalue weighted by Gasteiger charge is 2.06. The Labute approximate surface area is 126 Å². The Morgan fingerprint density at radius 2 is 2.14 bits per heavy atom. The molecule has 0 atom stereocenters. The van der Waals surface area contributed by atoms with Gasteiger partial charge in [0.1, 0.15) is 17.7 Å². The van der Waals surface area contributed by atoms with Crippen LogP contribution in [0.1, 0.15) is 12.0 Å². The van der Waals surface area contributed by atoms with E-state index in [1.54, 1.807) is 30.3 Å². The number of thioether (sulfide) groups is 1. The average molecular weight is 301 g/mol. The molecule has 0 unspecified atom stereocenters. The fourth-order valence-corrected chi connectivity index (χ4v) is 2.44. The number of rotatable bonds is 5. The lowest BCUT2D eigenvalue weighted by Gasteiger charge is -2.05. The SMILES string of the molecule is N#Cc1ccc(NC(=O)CCSc2ccccc2F)nc1. The summed E-state index contributed by atoms with van der Waals surface area (Å²) in [4.78, 5) is 16.2. The number of hydrogen-bond acceptors (Lipinski definition) is 4. The Hall–Kier alpha value is -2.39. The molecular weight excluding hydrogens is 289 g/mol. The van der Waals surface area contributed by atoms with E-state index in [2.05, 4.69) is 10.3 Å². The highest BCUT2D eigenvalue weighted by atomic mass is 32.2. The van der Waals surface area contributed by atoms with E-state index in [0.29, 0.717) is 22.0 Å². The summed E-state index contributed by atoms with van der Waals surface area (Å²) < 4.78 is 13.4. The third-order valence-electron chi connectivity index (χ3n) is 2.58. The fraction of sp³-hybridized carbons (Fsp3) is 0.133. The number of amides is 1. The lowest BCUT2D eigenvalue weighted by molar-refractivity contribution is -0.115. The van der Waals surface area contributed by atoms with Crippen molar-refractivity contribution in [1.29, 1.82) is 5.26 Å². The van der Waals surface area contributed by atoms with Crippen LogP contribution in [0.4, 0.5) is 10.2 Å². The zero-order valence-electron chi connectivity index (χ0n) is 11.0. The maximum Gasteiger partial charge on any atom is 0.226 e. The summed E-state index contributed by atoms with van der Waals surface area (Å²) in [5, 5.41) is 11.3. The molecule has 0 aliphatic rings. The van der Waals surface area contributed by atoms with E-state index in [0.717, 1.165) is 0 Å². The lowest BCUT2D eigenvalue weighted by atomic mass is 10.3. The molecule has 1 N–H and O–H groups in total. The first-order valence-electron chi connectivity index (χ1n) is 6.22. The monoisotopic (exact) mass is 301 g/mol. The van der Waals surface area contributed by atoms with Crippen LogP contribution >= 0.6 is 11.8 Å². The number of halogens is 1. The van der Waals surface area contributed by atoms with Gasteiger partial charge in [-0.25, -0.2) is 9.37 Å². The van der Waals surface area contributed by atoms with Crippen LogP contribution in [0.3, 0.4) is 0 Å². The predicted octanol–water partition coefficient (Wildman–Crippen LogP) is 3.21. The van der Waals surface area contributed by atoms with Crippen LogP contribution in [0.15, 0.2) is 47.5 Å². The highest BCUT2D eigenvalue weighted by Crippen LogP contribution is 2.21. The van der Waals surface area contributed by atoms with Crippen molar-refractivity contribution in [2.24, 2.45) is 0 Å². The largest absolute Gasteiger partial charge is 0.311 e. The van der Waals surface area contributed by atoms with E-state index in [-0.39, 0.29) is 18.1 Å². The van der Waals surface area contributed by atoms with Gasteiger partial charge in [0.2, 0.25) is 5.91 Å². The number of anilines is 1. The molecule has 2 aromatic rings. The van der Waals surface area contributed by atoms with Crippen molar-refractivity contribution in [3.05, 3.63) is 54.0 Å². The first-order valence-corrected chi connectivity index (χ1v) is 7.21. The number of hydrogen-bond donors (Lipinski definition) is 1. The number of benzene rings is 1. The van der Waals surface area contributed by atoms with Gasteiger partial charge in [-0.05, 0) is 24.3 Å². The van der Waals surface area contributed by atoms with Gasteiger partial charge in [-0.3, -0.25) is 4.79 Å². The second-order valence-corrected chi connectivity index (χ2v) is 5.26. The first-order chi connectivity index (χ1) is 10.2. The molecule has 1 aromatic heterocycles. The van der Waals surface area contributed by atoms with Crippen molar-refractivity contribution < 1.29 is 9.18 Å². The smallest absolute Gasteiger partial charge is 0.226 e. The van der Waals surface area contributed by atoms with Crippen LogP contribution in [-0.4, -0.2) is 16.6 Å². The number of nitriles is 1. The van der Waals surface area contributed by atoms with Gasteiger partial charge in [-0.15, -0.1) is 11.8 Å². The lowest BCUT2D eigenvalue weighted by Crippen LogP contribution is -2.13. The van der Waals surface area contributed by atoms with Crippen LogP contribution in [0.2, 0.25) is 0 Å². The molecule has 4 nitrogen and oxygen atoms in total. The van der Waals surface area contributed by atoms with Gasteiger partial charge in [0.15, 0.2) is 0 Å².